The highest BCUT2D eigenvalue weighted by atomic mass is 15.1. The number of unbranched alkanes of at least 4 members (excludes halogenated alkanes) is 35. The van der Waals surface area contributed by atoms with Gasteiger partial charge in [-0.3, -0.25) is 0 Å². The average Bonchev–Trinajstić information content (AvgIpc) is 3.65. The summed E-state index contributed by atoms with van der Waals surface area (Å²) in [7, 11) is 0. The smallest absolute Gasteiger partial charge is 0.111 e. The molecule has 1 rings (SSSR count). The van der Waals surface area contributed by atoms with Crippen LogP contribution in [0.25, 0.3) is 0 Å². The summed E-state index contributed by atoms with van der Waals surface area (Å²) in [6, 6.07) is 0.585. The fourth-order valence-electron chi connectivity index (χ4n) is 8.65. The molecule has 0 fully saturated rings. The van der Waals surface area contributed by atoms with Crippen molar-refractivity contribution in [1.29, 1.82) is 0 Å². The van der Waals surface area contributed by atoms with E-state index in [1.54, 1.807) is 0 Å². The number of rotatable bonds is 43. The summed E-state index contributed by atoms with van der Waals surface area (Å²) >= 11 is 0. The number of nitrogens with zero attached hydrogens (tertiary/aromatic N) is 2. The lowest BCUT2D eigenvalue weighted by atomic mass is 9.92. The van der Waals surface area contributed by atoms with Crippen LogP contribution in [0.15, 0.2) is 12.4 Å². The van der Waals surface area contributed by atoms with E-state index in [0.717, 1.165) is 0 Å². The molecule has 0 aliphatic carbocycles. The standard InChI is InChI=1S/C50H98N2/c1-5-8-11-14-17-20-23-25-26-27-28-30-33-36-39-42-45-49(44-41-38-35-32-29-24-21-18-15-12-9-6-2)50-51-46-47-52(50)48(4)43-40-37-34-31-22-19-16-13-10-7-3/h46-49H,5-45H2,1-4H3. The van der Waals surface area contributed by atoms with Crippen molar-refractivity contribution in [2.75, 3.05) is 0 Å². The molecule has 52 heavy (non-hydrogen) atoms. The van der Waals surface area contributed by atoms with E-state index in [4.69, 9.17) is 4.98 Å². The maximum atomic E-state index is 5.07. The fourth-order valence-corrected chi connectivity index (χ4v) is 8.65. The van der Waals surface area contributed by atoms with Crippen molar-refractivity contribution >= 4 is 0 Å². The Labute approximate surface area is 329 Å². The van der Waals surface area contributed by atoms with Crippen LogP contribution < -0.4 is 0 Å². The lowest BCUT2D eigenvalue weighted by molar-refractivity contribution is 0.412. The van der Waals surface area contributed by atoms with E-state index in [1.807, 2.05) is 0 Å². The maximum absolute atomic E-state index is 5.07. The van der Waals surface area contributed by atoms with Crippen LogP contribution in [0.3, 0.4) is 0 Å². The first-order valence-electron chi connectivity index (χ1n) is 24.8. The molecule has 0 aliphatic rings. The molecule has 0 saturated carbocycles. The molecular weight excluding hydrogens is 629 g/mol. The minimum absolute atomic E-state index is 0.585. The molecule has 308 valence electrons. The normalized spacial score (nSPS) is 12.9. The van der Waals surface area contributed by atoms with Gasteiger partial charge in [-0.2, -0.15) is 0 Å². The van der Waals surface area contributed by atoms with Crippen LogP contribution in [-0.4, -0.2) is 9.55 Å². The number of hydrogen-bond acceptors (Lipinski definition) is 1. The molecule has 1 aromatic rings. The predicted molar refractivity (Wildman–Crippen MR) is 236 cm³/mol. The van der Waals surface area contributed by atoms with E-state index in [-0.39, 0.29) is 0 Å². The molecule has 2 nitrogen and oxygen atoms in total. The van der Waals surface area contributed by atoms with Gasteiger partial charge in [0.15, 0.2) is 0 Å². The summed E-state index contributed by atoms with van der Waals surface area (Å²) < 4.78 is 2.60. The van der Waals surface area contributed by atoms with Crippen LogP contribution in [0.4, 0.5) is 0 Å². The van der Waals surface area contributed by atoms with Crippen LogP contribution in [0, 0.1) is 0 Å². The van der Waals surface area contributed by atoms with Crippen LogP contribution in [0.5, 0.6) is 0 Å². The summed E-state index contributed by atoms with van der Waals surface area (Å²) in [6.45, 7) is 9.41. The average molecular weight is 727 g/mol. The summed E-state index contributed by atoms with van der Waals surface area (Å²) in [6.07, 6.45) is 63.1. The first kappa shape index (κ1) is 49.2. The molecule has 0 amide bonds. The zero-order valence-electron chi connectivity index (χ0n) is 36.7. The third-order valence-corrected chi connectivity index (χ3v) is 12.3. The molecule has 0 N–H and O–H groups in total. The Kier molecular flexibility index (Phi) is 37.8. The van der Waals surface area contributed by atoms with Gasteiger partial charge in [0.05, 0.1) is 0 Å². The highest BCUT2D eigenvalue weighted by Crippen LogP contribution is 2.31. The van der Waals surface area contributed by atoms with Gasteiger partial charge in [-0.25, -0.2) is 4.98 Å². The van der Waals surface area contributed by atoms with E-state index in [2.05, 4.69) is 44.7 Å². The largest absolute Gasteiger partial charge is 0.332 e. The van der Waals surface area contributed by atoms with Crippen molar-refractivity contribution in [3.63, 3.8) is 0 Å². The van der Waals surface area contributed by atoms with E-state index in [9.17, 15) is 0 Å². The number of aromatic nitrogens is 2. The van der Waals surface area contributed by atoms with Crippen molar-refractivity contribution in [3.8, 4) is 0 Å². The Morgan fingerprint density at radius 2 is 0.615 bits per heavy atom. The van der Waals surface area contributed by atoms with Gasteiger partial charge in [-0.05, 0) is 26.2 Å². The predicted octanol–water partition coefficient (Wildman–Crippen LogP) is 18.6. The molecular formula is C50H98N2. The van der Waals surface area contributed by atoms with E-state index < -0.39 is 0 Å². The monoisotopic (exact) mass is 727 g/mol. The molecule has 0 aromatic carbocycles. The number of imidazole rings is 1. The van der Waals surface area contributed by atoms with Gasteiger partial charge in [0.2, 0.25) is 0 Å². The van der Waals surface area contributed by atoms with Crippen LogP contribution in [-0.2, 0) is 0 Å². The van der Waals surface area contributed by atoms with Gasteiger partial charge >= 0.3 is 0 Å². The second-order valence-electron chi connectivity index (χ2n) is 17.5. The van der Waals surface area contributed by atoms with Gasteiger partial charge in [-0.15, -0.1) is 0 Å². The van der Waals surface area contributed by atoms with E-state index >= 15 is 0 Å². The quantitative estimate of drug-likeness (QED) is 0.0613. The van der Waals surface area contributed by atoms with Crippen molar-refractivity contribution in [2.24, 2.45) is 0 Å². The van der Waals surface area contributed by atoms with Gasteiger partial charge < -0.3 is 4.57 Å². The second-order valence-corrected chi connectivity index (χ2v) is 17.5. The topological polar surface area (TPSA) is 17.8 Å². The SMILES string of the molecule is CCCCCCCCCCCCCCCCCCC(CCCCCCCCCCCCCC)c1nccn1C(C)CCCCCCCCCCCC. The van der Waals surface area contributed by atoms with Crippen LogP contribution in [0.2, 0.25) is 0 Å². The maximum Gasteiger partial charge on any atom is 0.111 e. The summed E-state index contributed by atoms with van der Waals surface area (Å²) in [4.78, 5) is 5.07. The molecule has 2 unspecified atom stereocenters. The Morgan fingerprint density at radius 1 is 0.365 bits per heavy atom. The van der Waals surface area contributed by atoms with E-state index in [1.165, 1.54) is 269 Å². The van der Waals surface area contributed by atoms with Crippen molar-refractivity contribution in [3.05, 3.63) is 18.2 Å². The third-order valence-electron chi connectivity index (χ3n) is 12.3. The molecule has 2 atom stereocenters. The minimum Gasteiger partial charge on any atom is -0.332 e. The lowest BCUT2D eigenvalue weighted by Gasteiger charge is -2.22. The second kappa shape index (κ2) is 39.9. The van der Waals surface area contributed by atoms with Gasteiger partial charge in [-0.1, -0.05) is 265 Å². The van der Waals surface area contributed by atoms with Crippen molar-refractivity contribution in [2.45, 2.75) is 303 Å². The number of hydrogen-bond donors (Lipinski definition) is 0. The molecule has 1 aromatic heterocycles. The van der Waals surface area contributed by atoms with Crippen molar-refractivity contribution in [1.82, 2.24) is 9.55 Å². The Balaban J connectivity index is 2.36. The minimum atomic E-state index is 0.585. The zero-order valence-corrected chi connectivity index (χ0v) is 36.7. The Hall–Kier alpha value is -0.790. The van der Waals surface area contributed by atoms with Crippen molar-refractivity contribution < 1.29 is 0 Å². The Morgan fingerprint density at radius 3 is 0.904 bits per heavy atom. The fraction of sp³-hybridized carbons (Fsp3) is 0.940. The zero-order chi connectivity index (χ0) is 37.4. The third kappa shape index (κ3) is 30.5. The van der Waals surface area contributed by atoms with Gasteiger partial charge in [0.25, 0.3) is 0 Å². The lowest BCUT2D eigenvalue weighted by Crippen LogP contribution is -2.13. The summed E-state index contributed by atoms with van der Waals surface area (Å²) in [5.74, 6) is 2.07. The molecule has 0 spiro atoms. The van der Waals surface area contributed by atoms with Gasteiger partial charge in [0, 0.05) is 24.4 Å². The highest BCUT2D eigenvalue weighted by molar-refractivity contribution is 5.02. The molecule has 2 heteroatoms. The molecule has 1 heterocycles. The molecule has 0 bridgehead atoms. The summed E-state index contributed by atoms with van der Waals surface area (Å²) in [5.41, 5.74) is 0. The summed E-state index contributed by atoms with van der Waals surface area (Å²) in [5, 5.41) is 0. The molecule has 0 radical (unpaired) electrons. The first-order valence-corrected chi connectivity index (χ1v) is 24.8. The van der Waals surface area contributed by atoms with E-state index in [0.29, 0.717) is 12.0 Å². The first-order chi connectivity index (χ1) is 25.7. The highest BCUT2D eigenvalue weighted by Gasteiger charge is 2.19. The molecule has 0 saturated heterocycles. The molecule has 0 aliphatic heterocycles. The van der Waals surface area contributed by atoms with Crippen LogP contribution >= 0.6 is 0 Å². The van der Waals surface area contributed by atoms with Gasteiger partial charge in [0.1, 0.15) is 5.82 Å². The Bertz CT molecular complexity index is 798. The van der Waals surface area contributed by atoms with Crippen LogP contribution in [0.1, 0.15) is 309 Å².